The standard InChI is InChI=1S/C46H54N4O/c1-10-11-18-41-45(44-30(4)15-14-16-31(44)5)32(6)48-50(41)35-24-33(29(2)3)25-37(27-35)51-36-20-21-39-38-17-12-13-19-40(38)49(42(39)28-36)43-26-34(22-23-47-43)46(7,8)9/h12-13,15,17,19-29,31,44H,10-11,14,16,18H2,1-9H3/t31-,44?/m0/s1. The number of aryl methyl sites for hydroxylation is 1. The lowest BCUT2D eigenvalue weighted by molar-refractivity contribution is 0.446. The lowest BCUT2D eigenvalue weighted by Gasteiger charge is -2.30. The van der Waals surface area contributed by atoms with Crippen LogP contribution in [0.15, 0.2) is 90.6 Å². The summed E-state index contributed by atoms with van der Waals surface area (Å²) < 4.78 is 11.3. The normalized spacial score (nSPS) is 16.7. The second-order valence-electron chi connectivity index (χ2n) is 16.1. The quantitative estimate of drug-likeness (QED) is 0.143. The van der Waals surface area contributed by atoms with Crippen molar-refractivity contribution in [2.75, 3.05) is 0 Å². The average Bonchev–Trinajstić information content (AvgIpc) is 3.60. The van der Waals surface area contributed by atoms with Crippen LogP contribution < -0.4 is 4.74 Å². The van der Waals surface area contributed by atoms with E-state index in [-0.39, 0.29) is 5.41 Å². The van der Waals surface area contributed by atoms with Crippen molar-refractivity contribution in [3.63, 3.8) is 0 Å². The molecular formula is C46H54N4O. The Kier molecular flexibility index (Phi) is 9.43. The number of ether oxygens (including phenoxy) is 1. The van der Waals surface area contributed by atoms with Gasteiger partial charge in [0.05, 0.1) is 22.4 Å². The number of aromatic nitrogens is 4. The van der Waals surface area contributed by atoms with Crippen LogP contribution in [0.4, 0.5) is 0 Å². The second-order valence-corrected chi connectivity index (χ2v) is 16.1. The first-order valence-corrected chi connectivity index (χ1v) is 19.0. The lowest BCUT2D eigenvalue weighted by Crippen LogP contribution is -2.17. The third-order valence-electron chi connectivity index (χ3n) is 11.0. The first-order valence-electron chi connectivity index (χ1n) is 19.0. The first kappa shape index (κ1) is 34.8. The maximum atomic E-state index is 6.83. The van der Waals surface area contributed by atoms with E-state index in [1.165, 1.54) is 51.6 Å². The zero-order valence-electron chi connectivity index (χ0n) is 32.0. The van der Waals surface area contributed by atoms with Crippen molar-refractivity contribution in [3.05, 3.63) is 119 Å². The molecule has 0 bridgehead atoms. The van der Waals surface area contributed by atoms with Crippen LogP contribution in [0.25, 0.3) is 33.3 Å². The van der Waals surface area contributed by atoms with Gasteiger partial charge in [0.2, 0.25) is 0 Å². The molecule has 1 aliphatic rings. The molecule has 0 aliphatic heterocycles. The summed E-state index contributed by atoms with van der Waals surface area (Å²) >= 11 is 0. The number of rotatable bonds is 9. The molecule has 51 heavy (non-hydrogen) atoms. The molecule has 0 fully saturated rings. The Hall–Kier alpha value is -4.64. The summed E-state index contributed by atoms with van der Waals surface area (Å²) in [7, 11) is 0. The van der Waals surface area contributed by atoms with Crippen molar-refractivity contribution < 1.29 is 4.74 Å². The molecule has 3 aromatic carbocycles. The van der Waals surface area contributed by atoms with Gasteiger partial charge in [-0.15, -0.1) is 0 Å². The number of nitrogens with zero attached hydrogens (tertiary/aromatic N) is 4. The fourth-order valence-corrected chi connectivity index (χ4v) is 8.14. The number of hydrogen-bond donors (Lipinski definition) is 0. The van der Waals surface area contributed by atoms with Crippen molar-refractivity contribution >= 4 is 21.8 Å². The smallest absolute Gasteiger partial charge is 0.137 e. The number of fused-ring (bicyclic) bond motifs is 3. The molecule has 3 aromatic heterocycles. The van der Waals surface area contributed by atoms with Crippen LogP contribution in [0.3, 0.4) is 0 Å². The summed E-state index contributed by atoms with van der Waals surface area (Å²) in [4.78, 5) is 4.88. The van der Waals surface area contributed by atoms with Crippen LogP contribution >= 0.6 is 0 Å². The third kappa shape index (κ3) is 6.64. The first-order chi connectivity index (χ1) is 24.4. The maximum Gasteiger partial charge on any atom is 0.137 e. The van der Waals surface area contributed by atoms with Crippen molar-refractivity contribution in [1.82, 2.24) is 19.3 Å². The van der Waals surface area contributed by atoms with Gasteiger partial charge in [-0.3, -0.25) is 4.57 Å². The Morgan fingerprint density at radius 3 is 2.43 bits per heavy atom. The van der Waals surface area contributed by atoms with Crippen LogP contribution in [-0.2, 0) is 11.8 Å². The summed E-state index contributed by atoms with van der Waals surface area (Å²) in [6, 6.07) is 26.1. The maximum absolute atomic E-state index is 6.83. The number of allylic oxidation sites excluding steroid dienone is 2. The highest BCUT2D eigenvalue weighted by atomic mass is 16.5. The Morgan fingerprint density at radius 1 is 0.902 bits per heavy atom. The van der Waals surface area contributed by atoms with Crippen molar-refractivity contribution in [3.8, 4) is 23.0 Å². The zero-order valence-corrected chi connectivity index (χ0v) is 32.0. The van der Waals surface area contributed by atoms with E-state index in [1.807, 2.05) is 6.20 Å². The monoisotopic (exact) mass is 678 g/mol. The highest BCUT2D eigenvalue weighted by Gasteiger charge is 2.31. The number of para-hydroxylation sites is 1. The number of unbranched alkanes of at least 4 members (excludes halogenated alkanes) is 1. The Morgan fingerprint density at radius 2 is 1.69 bits per heavy atom. The molecule has 1 aliphatic carbocycles. The Balaban J connectivity index is 1.34. The van der Waals surface area contributed by atoms with Crippen molar-refractivity contribution in [1.29, 1.82) is 0 Å². The van der Waals surface area contributed by atoms with Gasteiger partial charge in [0, 0.05) is 46.3 Å². The molecule has 0 spiro atoms. The SMILES string of the molecule is CCCCc1c(C2C(C)=CCC[C@@H]2C)c(C)nn1-c1cc(Oc2ccc3c4ccccc4n(-c4cc(C(C)(C)C)ccn4)c3c2)cc(C(C)C)c1. The summed E-state index contributed by atoms with van der Waals surface area (Å²) in [5, 5.41) is 7.67. The highest BCUT2D eigenvalue weighted by molar-refractivity contribution is 6.09. The molecule has 0 saturated heterocycles. The van der Waals surface area contributed by atoms with E-state index in [9.17, 15) is 0 Å². The minimum absolute atomic E-state index is 0.0122. The van der Waals surface area contributed by atoms with E-state index in [0.717, 1.165) is 59.0 Å². The largest absolute Gasteiger partial charge is 0.457 e. The Bertz CT molecular complexity index is 2240. The summed E-state index contributed by atoms with van der Waals surface area (Å²) in [6.45, 7) is 20.5. The molecule has 0 radical (unpaired) electrons. The second kappa shape index (κ2) is 13.8. The molecule has 7 rings (SSSR count). The van der Waals surface area contributed by atoms with Crippen LogP contribution in [0.2, 0.25) is 0 Å². The number of hydrogen-bond acceptors (Lipinski definition) is 3. The van der Waals surface area contributed by atoms with Gasteiger partial charge < -0.3 is 4.74 Å². The summed E-state index contributed by atoms with van der Waals surface area (Å²) in [6.07, 6.45) is 10.1. The number of benzene rings is 3. The fraction of sp³-hybridized carbons (Fsp3) is 0.391. The van der Waals surface area contributed by atoms with Crippen LogP contribution in [0.1, 0.15) is 121 Å². The van der Waals surface area contributed by atoms with Gasteiger partial charge in [-0.2, -0.15) is 5.10 Å². The van der Waals surface area contributed by atoms with Gasteiger partial charge in [-0.25, -0.2) is 9.67 Å². The number of pyridine rings is 1. The predicted molar refractivity (Wildman–Crippen MR) is 213 cm³/mol. The molecule has 0 saturated carbocycles. The van der Waals surface area contributed by atoms with Crippen molar-refractivity contribution in [2.24, 2.45) is 5.92 Å². The van der Waals surface area contributed by atoms with Gasteiger partial charge in [0.25, 0.3) is 0 Å². The molecule has 5 nitrogen and oxygen atoms in total. The molecule has 264 valence electrons. The fourth-order valence-electron chi connectivity index (χ4n) is 8.14. The minimum Gasteiger partial charge on any atom is -0.457 e. The van der Waals surface area contributed by atoms with E-state index < -0.39 is 0 Å². The summed E-state index contributed by atoms with van der Waals surface area (Å²) in [5.74, 6) is 3.88. The Labute approximate surface area is 304 Å². The van der Waals surface area contributed by atoms with Crippen LogP contribution in [0.5, 0.6) is 11.5 Å². The molecule has 5 heteroatoms. The third-order valence-corrected chi connectivity index (χ3v) is 11.0. The van der Waals surface area contributed by atoms with E-state index >= 15 is 0 Å². The molecule has 0 amide bonds. The molecule has 1 unspecified atom stereocenters. The molecular weight excluding hydrogens is 625 g/mol. The summed E-state index contributed by atoms with van der Waals surface area (Å²) in [5.41, 5.74) is 11.2. The van der Waals surface area contributed by atoms with Gasteiger partial charge in [0.1, 0.15) is 17.3 Å². The van der Waals surface area contributed by atoms with Gasteiger partial charge >= 0.3 is 0 Å². The van der Waals surface area contributed by atoms with E-state index in [4.69, 9.17) is 14.8 Å². The van der Waals surface area contributed by atoms with Gasteiger partial charge in [-0.1, -0.05) is 84.7 Å². The molecule has 6 aromatic rings. The minimum atomic E-state index is 0.0122. The van der Waals surface area contributed by atoms with E-state index in [0.29, 0.717) is 17.8 Å². The molecule has 0 N–H and O–H groups in total. The van der Waals surface area contributed by atoms with E-state index in [1.54, 1.807) is 0 Å². The lowest BCUT2D eigenvalue weighted by atomic mass is 9.75. The highest BCUT2D eigenvalue weighted by Crippen LogP contribution is 2.43. The van der Waals surface area contributed by atoms with Crippen LogP contribution in [-0.4, -0.2) is 19.3 Å². The zero-order chi connectivity index (χ0) is 36.0. The van der Waals surface area contributed by atoms with Crippen LogP contribution in [0, 0.1) is 12.8 Å². The molecule has 2 atom stereocenters. The van der Waals surface area contributed by atoms with Crippen molar-refractivity contribution in [2.45, 2.75) is 112 Å². The van der Waals surface area contributed by atoms with Gasteiger partial charge in [0.15, 0.2) is 0 Å². The van der Waals surface area contributed by atoms with Gasteiger partial charge in [-0.05, 0) is 110 Å². The predicted octanol–water partition coefficient (Wildman–Crippen LogP) is 12.7. The topological polar surface area (TPSA) is 44.9 Å². The van der Waals surface area contributed by atoms with E-state index in [2.05, 4.69) is 150 Å². The molecule has 3 heterocycles. The average molecular weight is 679 g/mol.